The Labute approximate surface area is 168 Å². The van der Waals surface area contributed by atoms with Crippen molar-refractivity contribution in [2.75, 3.05) is 6.61 Å². The molecule has 0 bridgehead atoms. The van der Waals surface area contributed by atoms with Crippen molar-refractivity contribution >= 4 is 16.7 Å². The summed E-state index contributed by atoms with van der Waals surface area (Å²) in [5.74, 6) is 1.22. The third-order valence-corrected chi connectivity index (χ3v) is 4.99. The van der Waals surface area contributed by atoms with Gasteiger partial charge < -0.3 is 14.8 Å². The molecule has 7 nitrogen and oxygen atoms in total. The molecule has 0 saturated heterocycles. The summed E-state index contributed by atoms with van der Waals surface area (Å²) in [5, 5.41) is 8.07. The van der Waals surface area contributed by atoms with Crippen molar-refractivity contribution in [2.45, 2.75) is 32.9 Å². The molecule has 7 heteroatoms. The lowest BCUT2D eigenvalue weighted by Gasteiger charge is -2.14. The zero-order chi connectivity index (χ0) is 20.5. The molecule has 0 fully saturated rings. The Morgan fingerprint density at radius 2 is 2.07 bits per heavy atom. The number of nitrogens with one attached hydrogen (secondary N) is 1. The van der Waals surface area contributed by atoms with Crippen LogP contribution in [-0.4, -0.2) is 28.4 Å². The van der Waals surface area contributed by atoms with Crippen LogP contribution in [0.25, 0.3) is 10.8 Å². The van der Waals surface area contributed by atoms with E-state index < -0.39 is 0 Å². The lowest BCUT2D eigenvalue weighted by molar-refractivity contribution is 0.0945. The largest absolute Gasteiger partial charge is 0.494 e. The number of amides is 1. The minimum atomic E-state index is -0.353. The summed E-state index contributed by atoms with van der Waals surface area (Å²) in [4.78, 5) is 25.2. The molecule has 0 spiro atoms. The van der Waals surface area contributed by atoms with Gasteiger partial charge in [0.05, 0.1) is 12.0 Å². The number of hydrogen-bond donors (Lipinski definition) is 1. The Kier molecular flexibility index (Phi) is 4.96. The van der Waals surface area contributed by atoms with Gasteiger partial charge in [0.2, 0.25) is 0 Å². The Hall–Kier alpha value is -3.35. The van der Waals surface area contributed by atoms with Gasteiger partial charge in [-0.25, -0.2) is 4.68 Å². The average molecular weight is 393 g/mol. The molecule has 1 aromatic heterocycles. The summed E-state index contributed by atoms with van der Waals surface area (Å²) in [6.45, 7) is 4.74. The second kappa shape index (κ2) is 7.58. The predicted octanol–water partition coefficient (Wildman–Crippen LogP) is 2.59. The van der Waals surface area contributed by atoms with E-state index >= 15 is 0 Å². The molecule has 1 atom stereocenters. The molecule has 0 aliphatic carbocycles. The molecule has 0 unspecified atom stereocenters. The fourth-order valence-electron chi connectivity index (χ4n) is 3.64. The number of rotatable bonds is 5. The van der Waals surface area contributed by atoms with Gasteiger partial charge in [0.15, 0.2) is 5.69 Å². The minimum Gasteiger partial charge on any atom is -0.494 e. The van der Waals surface area contributed by atoms with E-state index in [2.05, 4.69) is 10.4 Å². The zero-order valence-corrected chi connectivity index (χ0v) is 16.7. The van der Waals surface area contributed by atoms with Gasteiger partial charge in [0, 0.05) is 36.5 Å². The molecule has 1 N–H and O–H groups in total. The number of fused-ring (bicyclic) bond motifs is 2. The molecule has 1 aliphatic rings. The van der Waals surface area contributed by atoms with E-state index in [1.165, 1.54) is 11.7 Å². The van der Waals surface area contributed by atoms with Crippen molar-refractivity contribution in [2.24, 2.45) is 7.05 Å². The van der Waals surface area contributed by atoms with Gasteiger partial charge in [-0.15, -0.1) is 0 Å². The second-order valence-electron chi connectivity index (χ2n) is 7.14. The first kappa shape index (κ1) is 19.0. The highest BCUT2D eigenvalue weighted by Gasteiger charge is 2.22. The van der Waals surface area contributed by atoms with Crippen molar-refractivity contribution < 1.29 is 14.3 Å². The molecule has 0 radical (unpaired) electrons. The zero-order valence-electron chi connectivity index (χ0n) is 16.7. The van der Waals surface area contributed by atoms with Crippen LogP contribution >= 0.6 is 0 Å². The maximum absolute atomic E-state index is 12.9. The van der Waals surface area contributed by atoms with Crippen LogP contribution in [0.15, 0.2) is 41.2 Å². The number of ether oxygens (including phenoxy) is 2. The first-order chi connectivity index (χ1) is 14.0. The number of aryl methyl sites for hydroxylation is 1. The second-order valence-corrected chi connectivity index (χ2v) is 7.14. The number of carbonyl (C=O) groups is 1. The number of aromatic nitrogens is 2. The molecular formula is C22H23N3O4. The molecule has 2 heterocycles. The molecule has 4 rings (SSSR count). The smallest absolute Gasteiger partial charge is 0.274 e. The van der Waals surface area contributed by atoms with Crippen molar-refractivity contribution in [3.8, 4) is 11.5 Å². The van der Waals surface area contributed by atoms with Crippen LogP contribution in [0.4, 0.5) is 0 Å². The normalized spacial score (nSPS) is 15.1. The van der Waals surface area contributed by atoms with E-state index in [9.17, 15) is 9.59 Å². The van der Waals surface area contributed by atoms with Gasteiger partial charge in [-0.1, -0.05) is 18.2 Å². The molecule has 1 amide bonds. The molecule has 150 valence electrons. The Morgan fingerprint density at radius 1 is 1.31 bits per heavy atom. The quantitative estimate of drug-likeness (QED) is 0.721. The lowest BCUT2D eigenvalue weighted by atomic mass is 10.1. The van der Waals surface area contributed by atoms with E-state index in [0.717, 1.165) is 29.0 Å². The topological polar surface area (TPSA) is 82.5 Å². The van der Waals surface area contributed by atoms with Crippen LogP contribution in [0.2, 0.25) is 0 Å². The molecule has 29 heavy (non-hydrogen) atoms. The highest BCUT2D eigenvalue weighted by Crippen LogP contribution is 2.35. The van der Waals surface area contributed by atoms with Crippen molar-refractivity contribution in [3.63, 3.8) is 0 Å². The molecule has 0 saturated carbocycles. The summed E-state index contributed by atoms with van der Waals surface area (Å²) in [7, 11) is 1.54. The molecule has 3 aromatic rings. The number of nitrogens with zero attached hydrogens (tertiary/aromatic N) is 2. The minimum absolute atomic E-state index is 0.130. The monoisotopic (exact) mass is 393 g/mol. The summed E-state index contributed by atoms with van der Waals surface area (Å²) in [5.41, 5.74) is 1.93. The van der Waals surface area contributed by atoms with Crippen molar-refractivity contribution in [1.82, 2.24) is 15.1 Å². The van der Waals surface area contributed by atoms with Crippen molar-refractivity contribution in [3.05, 3.63) is 63.6 Å². The fourth-order valence-corrected chi connectivity index (χ4v) is 3.64. The van der Waals surface area contributed by atoms with Crippen LogP contribution in [0.3, 0.4) is 0 Å². The molecular weight excluding hydrogens is 370 g/mol. The van der Waals surface area contributed by atoms with E-state index in [4.69, 9.17) is 9.47 Å². The summed E-state index contributed by atoms with van der Waals surface area (Å²) < 4.78 is 12.8. The Balaban J connectivity index is 1.63. The van der Waals surface area contributed by atoms with E-state index in [1.807, 2.05) is 26.0 Å². The number of benzene rings is 2. The summed E-state index contributed by atoms with van der Waals surface area (Å²) in [6, 6.07) is 10.9. The predicted molar refractivity (Wildman–Crippen MR) is 110 cm³/mol. The van der Waals surface area contributed by atoms with Gasteiger partial charge in [0.1, 0.15) is 17.6 Å². The van der Waals surface area contributed by atoms with Gasteiger partial charge in [-0.05, 0) is 32.0 Å². The van der Waals surface area contributed by atoms with Gasteiger partial charge >= 0.3 is 0 Å². The summed E-state index contributed by atoms with van der Waals surface area (Å²) in [6.07, 6.45) is 0.973. The fraction of sp³-hybridized carbons (Fsp3) is 0.318. The third-order valence-electron chi connectivity index (χ3n) is 4.99. The van der Waals surface area contributed by atoms with Crippen LogP contribution in [0, 0.1) is 0 Å². The SMILES string of the molecule is CCOc1cc2c(cc1CNC(=O)c1nn(C)c(=O)c3ccccc13)O[C@H](C)C2. The lowest BCUT2D eigenvalue weighted by Crippen LogP contribution is -2.29. The van der Waals surface area contributed by atoms with Gasteiger partial charge in [0.25, 0.3) is 11.5 Å². The van der Waals surface area contributed by atoms with E-state index in [-0.39, 0.29) is 29.8 Å². The Bertz CT molecular complexity index is 1150. The van der Waals surface area contributed by atoms with Gasteiger partial charge in [-0.3, -0.25) is 9.59 Å². The van der Waals surface area contributed by atoms with Gasteiger partial charge in [-0.2, -0.15) is 5.10 Å². The maximum atomic E-state index is 12.9. The third kappa shape index (κ3) is 3.55. The van der Waals surface area contributed by atoms with Crippen LogP contribution < -0.4 is 20.3 Å². The van der Waals surface area contributed by atoms with Crippen LogP contribution in [0.1, 0.15) is 35.5 Å². The first-order valence-corrected chi connectivity index (χ1v) is 9.67. The van der Waals surface area contributed by atoms with Crippen molar-refractivity contribution in [1.29, 1.82) is 0 Å². The molecule has 2 aromatic carbocycles. The standard InChI is InChI=1S/C22H23N3O4/c1-4-28-18-10-14-9-13(2)29-19(14)11-15(18)12-23-21(26)20-16-7-5-6-8-17(16)22(27)25(3)24-20/h5-8,10-11,13H,4,9,12H2,1-3H3,(H,23,26)/t13-/m1/s1. The number of carbonyl (C=O) groups excluding carboxylic acids is 1. The summed E-state index contributed by atoms with van der Waals surface area (Å²) >= 11 is 0. The highest BCUT2D eigenvalue weighted by atomic mass is 16.5. The average Bonchev–Trinajstić information content (AvgIpc) is 3.07. The molecule has 1 aliphatic heterocycles. The van der Waals surface area contributed by atoms with E-state index in [1.54, 1.807) is 24.3 Å². The number of hydrogen-bond acceptors (Lipinski definition) is 5. The maximum Gasteiger partial charge on any atom is 0.274 e. The first-order valence-electron chi connectivity index (χ1n) is 9.67. The van der Waals surface area contributed by atoms with Crippen LogP contribution in [-0.2, 0) is 20.0 Å². The van der Waals surface area contributed by atoms with Crippen LogP contribution in [0.5, 0.6) is 11.5 Å². The van der Waals surface area contributed by atoms with E-state index in [0.29, 0.717) is 17.4 Å². The Morgan fingerprint density at radius 3 is 2.83 bits per heavy atom. The highest BCUT2D eigenvalue weighted by molar-refractivity contribution is 6.04.